The molecule has 116 valence electrons. The topological polar surface area (TPSA) is 54.9 Å². The quantitative estimate of drug-likeness (QED) is 0.766. The summed E-state index contributed by atoms with van der Waals surface area (Å²) >= 11 is 7.60. The molecule has 4 nitrogen and oxygen atoms in total. The summed E-state index contributed by atoms with van der Waals surface area (Å²) in [7, 11) is 0. The molecule has 0 spiro atoms. The highest BCUT2D eigenvalue weighted by atomic mass is 35.5. The molecule has 0 saturated carbocycles. The van der Waals surface area contributed by atoms with Gasteiger partial charge in [-0.3, -0.25) is 9.78 Å². The van der Waals surface area contributed by atoms with Crippen LogP contribution < -0.4 is 5.32 Å². The van der Waals surface area contributed by atoms with Crippen LogP contribution in [0.25, 0.3) is 11.3 Å². The second-order valence-corrected chi connectivity index (χ2v) is 6.20. The van der Waals surface area contributed by atoms with Gasteiger partial charge < -0.3 is 5.32 Å². The van der Waals surface area contributed by atoms with E-state index in [-0.39, 0.29) is 5.91 Å². The minimum absolute atomic E-state index is 0.165. The molecule has 0 radical (unpaired) electrons. The summed E-state index contributed by atoms with van der Waals surface area (Å²) in [5.41, 5.74) is 2.47. The maximum atomic E-state index is 12.1. The molecule has 1 aromatic carbocycles. The molecule has 0 bridgehead atoms. The average molecular weight is 344 g/mol. The SMILES string of the molecule is O=C(NCCc1nc(-c2ccncc2)cs1)c1ccccc1Cl. The molecule has 0 atom stereocenters. The molecular formula is C17H14ClN3OS. The van der Waals surface area contributed by atoms with Crippen LogP contribution in [0.3, 0.4) is 0 Å². The Hall–Kier alpha value is -2.24. The molecule has 23 heavy (non-hydrogen) atoms. The van der Waals surface area contributed by atoms with Crippen molar-refractivity contribution in [1.82, 2.24) is 15.3 Å². The van der Waals surface area contributed by atoms with Gasteiger partial charge in [-0.05, 0) is 24.3 Å². The van der Waals surface area contributed by atoms with Crippen LogP contribution in [0.5, 0.6) is 0 Å². The molecular weight excluding hydrogens is 330 g/mol. The van der Waals surface area contributed by atoms with Gasteiger partial charge in [0.05, 0.1) is 21.3 Å². The molecule has 0 fully saturated rings. The van der Waals surface area contributed by atoms with Crippen LogP contribution in [0, 0.1) is 0 Å². The second-order valence-electron chi connectivity index (χ2n) is 4.85. The number of rotatable bonds is 5. The lowest BCUT2D eigenvalue weighted by molar-refractivity contribution is 0.0954. The predicted octanol–water partition coefficient (Wildman–Crippen LogP) is 3.83. The van der Waals surface area contributed by atoms with Crippen molar-refractivity contribution in [2.24, 2.45) is 0 Å². The normalized spacial score (nSPS) is 10.5. The van der Waals surface area contributed by atoms with E-state index >= 15 is 0 Å². The first-order chi connectivity index (χ1) is 11.2. The molecule has 3 rings (SSSR count). The highest BCUT2D eigenvalue weighted by molar-refractivity contribution is 7.09. The number of nitrogens with zero attached hydrogens (tertiary/aromatic N) is 2. The molecule has 3 aromatic rings. The van der Waals surface area contributed by atoms with Gasteiger partial charge in [0.15, 0.2) is 0 Å². The predicted molar refractivity (Wildman–Crippen MR) is 92.8 cm³/mol. The first kappa shape index (κ1) is 15.6. The summed E-state index contributed by atoms with van der Waals surface area (Å²) in [4.78, 5) is 20.6. The van der Waals surface area contributed by atoms with Crippen LogP contribution >= 0.6 is 22.9 Å². The van der Waals surface area contributed by atoms with Gasteiger partial charge in [-0.15, -0.1) is 11.3 Å². The number of pyridine rings is 1. The monoisotopic (exact) mass is 343 g/mol. The number of hydrogen-bond donors (Lipinski definition) is 1. The molecule has 1 N–H and O–H groups in total. The summed E-state index contributed by atoms with van der Waals surface area (Å²) in [5, 5.41) is 6.33. The van der Waals surface area contributed by atoms with Crippen LogP contribution in [0.1, 0.15) is 15.4 Å². The zero-order chi connectivity index (χ0) is 16.1. The van der Waals surface area contributed by atoms with E-state index in [1.54, 1.807) is 48.0 Å². The second kappa shape index (κ2) is 7.35. The summed E-state index contributed by atoms with van der Waals surface area (Å²) in [6.45, 7) is 0.521. The van der Waals surface area contributed by atoms with Crippen molar-refractivity contribution >= 4 is 28.8 Å². The Morgan fingerprint density at radius 3 is 2.74 bits per heavy atom. The molecule has 6 heteroatoms. The van der Waals surface area contributed by atoms with E-state index in [1.807, 2.05) is 17.5 Å². The van der Waals surface area contributed by atoms with Crippen molar-refractivity contribution in [2.45, 2.75) is 6.42 Å². The Balaban J connectivity index is 1.56. The molecule has 0 aliphatic rings. The number of benzene rings is 1. The molecule has 1 amide bonds. The summed E-state index contributed by atoms with van der Waals surface area (Å²) in [6, 6.07) is 10.9. The van der Waals surface area contributed by atoms with Crippen LogP contribution in [-0.2, 0) is 6.42 Å². The number of nitrogens with one attached hydrogen (secondary N) is 1. The third-order valence-electron chi connectivity index (χ3n) is 3.27. The Kier molecular flexibility index (Phi) is 5.00. The zero-order valence-electron chi connectivity index (χ0n) is 12.2. The van der Waals surface area contributed by atoms with Crippen molar-refractivity contribution in [3.63, 3.8) is 0 Å². The van der Waals surface area contributed by atoms with Crippen molar-refractivity contribution in [2.75, 3.05) is 6.54 Å². The molecule has 0 unspecified atom stereocenters. The summed E-state index contributed by atoms with van der Waals surface area (Å²) < 4.78 is 0. The van der Waals surface area contributed by atoms with Gasteiger partial charge in [0.1, 0.15) is 0 Å². The minimum atomic E-state index is -0.165. The van der Waals surface area contributed by atoms with Crippen LogP contribution in [0.4, 0.5) is 0 Å². The third kappa shape index (κ3) is 3.94. The van der Waals surface area contributed by atoms with Gasteiger partial charge in [-0.1, -0.05) is 23.7 Å². The van der Waals surface area contributed by atoms with Gasteiger partial charge in [0.25, 0.3) is 5.91 Å². The minimum Gasteiger partial charge on any atom is -0.352 e. The fourth-order valence-corrected chi connectivity index (χ4v) is 3.13. The lowest BCUT2D eigenvalue weighted by atomic mass is 10.2. The third-order valence-corrected chi connectivity index (χ3v) is 4.51. The zero-order valence-corrected chi connectivity index (χ0v) is 13.8. The van der Waals surface area contributed by atoms with E-state index in [2.05, 4.69) is 15.3 Å². The molecule has 0 saturated heterocycles. The fourth-order valence-electron chi connectivity index (χ4n) is 2.10. The van der Waals surface area contributed by atoms with Crippen molar-refractivity contribution in [1.29, 1.82) is 0 Å². The van der Waals surface area contributed by atoms with Crippen molar-refractivity contribution in [3.8, 4) is 11.3 Å². The van der Waals surface area contributed by atoms with Crippen LogP contribution in [0.2, 0.25) is 5.02 Å². The Morgan fingerprint density at radius 1 is 1.17 bits per heavy atom. The molecule has 0 aliphatic heterocycles. The van der Waals surface area contributed by atoms with Gasteiger partial charge >= 0.3 is 0 Å². The van der Waals surface area contributed by atoms with Gasteiger partial charge in [0, 0.05) is 36.3 Å². The smallest absolute Gasteiger partial charge is 0.252 e. The lowest BCUT2D eigenvalue weighted by Gasteiger charge is -2.05. The maximum Gasteiger partial charge on any atom is 0.252 e. The number of carbonyl (C=O) groups is 1. The van der Waals surface area contributed by atoms with Crippen molar-refractivity contribution < 1.29 is 4.79 Å². The van der Waals surface area contributed by atoms with E-state index in [0.29, 0.717) is 23.6 Å². The van der Waals surface area contributed by atoms with E-state index in [1.165, 1.54) is 0 Å². The van der Waals surface area contributed by atoms with E-state index in [9.17, 15) is 4.79 Å². The number of carbonyl (C=O) groups excluding carboxylic acids is 1. The Bertz CT molecular complexity index is 804. The molecule has 2 aromatic heterocycles. The number of hydrogen-bond acceptors (Lipinski definition) is 4. The fraction of sp³-hybridized carbons (Fsp3) is 0.118. The highest BCUT2D eigenvalue weighted by Crippen LogP contribution is 2.21. The summed E-state index contributed by atoms with van der Waals surface area (Å²) in [6.07, 6.45) is 4.18. The number of halogens is 1. The van der Waals surface area contributed by atoms with E-state index < -0.39 is 0 Å². The standard InChI is InChI=1S/C17H14ClN3OS/c18-14-4-2-1-3-13(14)17(22)20-10-7-16-21-15(11-23-16)12-5-8-19-9-6-12/h1-6,8-9,11H,7,10H2,(H,20,22). The lowest BCUT2D eigenvalue weighted by Crippen LogP contribution is -2.25. The van der Waals surface area contributed by atoms with E-state index in [4.69, 9.17) is 11.6 Å². The van der Waals surface area contributed by atoms with Gasteiger partial charge in [0.2, 0.25) is 0 Å². The van der Waals surface area contributed by atoms with Crippen LogP contribution in [0.15, 0.2) is 54.2 Å². The van der Waals surface area contributed by atoms with Crippen LogP contribution in [-0.4, -0.2) is 22.4 Å². The Morgan fingerprint density at radius 2 is 1.96 bits per heavy atom. The van der Waals surface area contributed by atoms with Gasteiger partial charge in [-0.25, -0.2) is 4.98 Å². The molecule has 2 heterocycles. The number of thiazole rings is 1. The summed E-state index contributed by atoms with van der Waals surface area (Å²) in [5.74, 6) is -0.165. The average Bonchev–Trinajstić information content (AvgIpc) is 3.05. The molecule has 0 aliphatic carbocycles. The van der Waals surface area contributed by atoms with Crippen molar-refractivity contribution in [3.05, 3.63) is 69.8 Å². The van der Waals surface area contributed by atoms with Gasteiger partial charge in [-0.2, -0.15) is 0 Å². The largest absolute Gasteiger partial charge is 0.352 e. The van der Waals surface area contributed by atoms with E-state index in [0.717, 1.165) is 16.3 Å². The number of amides is 1. The maximum absolute atomic E-state index is 12.1. The highest BCUT2D eigenvalue weighted by Gasteiger charge is 2.09. The number of aromatic nitrogens is 2. The first-order valence-corrected chi connectivity index (χ1v) is 8.37. The first-order valence-electron chi connectivity index (χ1n) is 7.11. The Labute approximate surface area is 143 Å².